The normalized spacial score (nSPS) is 23.9. The van der Waals surface area contributed by atoms with Crippen molar-refractivity contribution in [2.24, 2.45) is 0 Å². The van der Waals surface area contributed by atoms with Crippen LogP contribution in [0.1, 0.15) is 45.4 Å². The minimum absolute atomic E-state index is 0.115. The van der Waals surface area contributed by atoms with Crippen LogP contribution in [0.5, 0.6) is 0 Å². The van der Waals surface area contributed by atoms with Gasteiger partial charge in [0.15, 0.2) is 0 Å². The first-order valence-corrected chi connectivity index (χ1v) is 7.22. The van der Waals surface area contributed by atoms with Gasteiger partial charge in [0, 0.05) is 6.04 Å². The second-order valence-corrected chi connectivity index (χ2v) is 5.89. The van der Waals surface area contributed by atoms with Gasteiger partial charge in [-0.25, -0.2) is 0 Å². The molecule has 2 rings (SSSR count). The van der Waals surface area contributed by atoms with E-state index >= 15 is 0 Å². The van der Waals surface area contributed by atoms with Crippen LogP contribution in [0.3, 0.4) is 0 Å². The first-order chi connectivity index (χ1) is 8.64. The molecule has 1 heterocycles. The zero-order valence-corrected chi connectivity index (χ0v) is 11.7. The molecule has 1 aliphatic carbocycles. The van der Waals surface area contributed by atoms with Crippen LogP contribution >= 0.6 is 0 Å². The van der Waals surface area contributed by atoms with Crippen molar-refractivity contribution in [1.82, 2.24) is 10.2 Å². The number of esters is 1. The average Bonchev–Trinajstić information content (AvgIpc) is 3.01. The predicted molar refractivity (Wildman–Crippen MR) is 71.5 cm³/mol. The molecule has 1 N–H and O–H groups in total. The van der Waals surface area contributed by atoms with Crippen molar-refractivity contribution in [3.05, 3.63) is 0 Å². The molecule has 2 fully saturated rings. The number of ether oxygens (including phenoxy) is 1. The lowest BCUT2D eigenvalue weighted by molar-refractivity contribution is -0.148. The lowest BCUT2D eigenvalue weighted by atomic mass is 9.95. The van der Waals surface area contributed by atoms with Crippen LogP contribution in [0, 0.1) is 0 Å². The molecule has 2 aliphatic rings. The van der Waals surface area contributed by atoms with Gasteiger partial charge in [-0.05, 0) is 65.1 Å². The van der Waals surface area contributed by atoms with Crippen LogP contribution in [0.2, 0.25) is 0 Å². The van der Waals surface area contributed by atoms with Crippen molar-refractivity contribution >= 4 is 5.97 Å². The molecule has 4 heteroatoms. The van der Waals surface area contributed by atoms with Gasteiger partial charge in [0.05, 0.1) is 7.11 Å². The van der Waals surface area contributed by atoms with Gasteiger partial charge < -0.3 is 9.64 Å². The summed E-state index contributed by atoms with van der Waals surface area (Å²) in [7, 11) is 1.48. The molecule has 1 unspecified atom stereocenters. The zero-order chi connectivity index (χ0) is 13.0. The second-order valence-electron chi connectivity index (χ2n) is 5.89. The van der Waals surface area contributed by atoms with Gasteiger partial charge in [-0.2, -0.15) is 0 Å². The van der Waals surface area contributed by atoms with Crippen LogP contribution in [0.4, 0.5) is 0 Å². The van der Waals surface area contributed by atoms with Crippen molar-refractivity contribution in [2.75, 3.05) is 26.7 Å². The molecule has 1 saturated carbocycles. The van der Waals surface area contributed by atoms with Gasteiger partial charge in [-0.1, -0.05) is 0 Å². The van der Waals surface area contributed by atoms with Gasteiger partial charge in [-0.3, -0.25) is 10.1 Å². The summed E-state index contributed by atoms with van der Waals surface area (Å²) in [6.07, 6.45) is 6.97. The third-order valence-electron chi connectivity index (χ3n) is 4.09. The lowest BCUT2D eigenvalue weighted by Crippen LogP contribution is -2.51. The van der Waals surface area contributed by atoms with Crippen LogP contribution < -0.4 is 5.32 Å². The number of likely N-dealkylation sites (tertiary alicyclic amines) is 1. The first kappa shape index (κ1) is 13.8. The molecule has 18 heavy (non-hydrogen) atoms. The summed E-state index contributed by atoms with van der Waals surface area (Å²) in [5.74, 6) is -0.115. The minimum atomic E-state index is -0.490. The Morgan fingerprint density at radius 3 is 2.61 bits per heavy atom. The Labute approximate surface area is 110 Å². The van der Waals surface area contributed by atoms with E-state index in [9.17, 15) is 4.79 Å². The van der Waals surface area contributed by atoms with Crippen LogP contribution in [0.25, 0.3) is 0 Å². The van der Waals surface area contributed by atoms with Gasteiger partial charge in [0.2, 0.25) is 0 Å². The molecule has 0 amide bonds. The number of carbonyl (C=O) groups is 1. The summed E-state index contributed by atoms with van der Waals surface area (Å²) in [4.78, 5) is 14.4. The highest BCUT2D eigenvalue weighted by atomic mass is 16.5. The van der Waals surface area contributed by atoms with E-state index in [1.165, 1.54) is 45.9 Å². The van der Waals surface area contributed by atoms with E-state index in [4.69, 9.17) is 4.74 Å². The smallest absolute Gasteiger partial charge is 0.325 e. The fourth-order valence-corrected chi connectivity index (χ4v) is 2.80. The van der Waals surface area contributed by atoms with Crippen LogP contribution in [-0.4, -0.2) is 49.2 Å². The van der Waals surface area contributed by atoms with Gasteiger partial charge in [0.1, 0.15) is 5.54 Å². The summed E-state index contributed by atoms with van der Waals surface area (Å²) in [6, 6.07) is 0.529. The third kappa shape index (κ3) is 3.69. The molecular formula is C14H26N2O2. The van der Waals surface area contributed by atoms with Crippen LogP contribution in [-0.2, 0) is 9.53 Å². The maximum absolute atomic E-state index is 11.9. The van der Waals surface area contributed by atoms with Crippen molar-refractivity contribution in [1.29, 1.82) is 0 Å². The van der Waals surface area contributed by atoms with E-state index in [2.05, 4.69) is 10.2 Å². The van der Waals surface area contributed by atoms with Crippen LogP contribution in [0.15, 0.2) is 0 Å². The monoisotopic (exact) mass is 254 g/mol. The van der Waals surface area contributed by atoms with E-state index in [0.717, 1.165) is 19.4 Å². The van der Waals surface area contributed by atoms with Crippen molar-refractivity contribution in [2.45, 2.75) is 57.0 Å². The minimum Gasteiger partial charge on any atom is -0.468 e. The molecule has 0 aromatic carbocycles. The zero-order valence-electron chi connectivity index (χ0n) is 11.7. The fourth-order valence-electron chi connectivity index (χ4n) is 2.80. The summed E-state index contributed by atoms with van der Waals surface area (Å²) >= 11 is 0. The Balaban J connectivity index is 1.78. The Morgan fingerprint density at radius 2 is 2.06 bits per heavy atom. The highest BCUT2D eigenvalue weighted by Crippen LogP contribution is 2.26. The van der Waals surface area contributed by atoms with Crippen molar-refractivity contribution in [3.63, 3.8) is 0 Å². The molecule has 104 valence electrons. The van der Waals surface area contributed by atoms with E-state index in [1.54, 1.807) is 0 Å². The molecule has 0 aromatic heterocycles. The predicted octanol–water partition coefficient (Wildman–Crippen LogP) is 1.55. The number of carbonyl (C=O) groups excluding carboxylic acids is 1. The number of hydrogen-bond donors (Lipinski definition) is 1. The second kappa shape index (κ2) is 6.02. The first-order valence-electron chi connectivity index (χ1n) is 7.22. The number of rotatable bonds is 7. The quantitative estimate of drug-likeness (QED) is 0.700. The molecule has 0 aromatic rings. The van der Waals surface area contributed by atoms with E-state index in [1.807, 2.05) is 6.92 Å². The topological polar surface area (TPSA) is 41.6 Å². The fraction of sp³-hybridized carbons (Fsp3) is 0.929. The van der Waals surface area contributed by atoms with Crippen molar-refractivity contribution < 1.29 is 9.53 Å². The summed E-state index contributed by atoms with van der Waals surface area (Å²) < 4.78 is 4.95. The number of methoxy groups -OCH3 is 1. The average molecular weight is 254 g/mol. The summed E-state index contributed by atoms with van der Waals surface area (Å²) in [5.41, 5.74) is -0.490. The van der Waals surface area contributed by atoms with E-state index < -0.39 is 5.54 Å². The highest BCUT2D eigenvalue weighted by molar-refractivity contribution is 5.80. The third-order valence-corrected chi connectivity index (χ3v) is 4.09. The molecule has 1 aliphatic heterocycles. The van der Waals surface area contributed by atoms with Gasteiger partial charge in [0.25, 0.3) is 0 Å². The Kier molecular flexibility index (Phi) is 4.62. The molecular weight excluding hydrogens is 228 g/mol. The summed E-state index contributed by atoms with van der Waals surface area (Å²) in [6.45, 7) is 5.55. The number of nitrogens with one attached hydrogen (secondary N) is 1. The maximum Gasteiger partial charge on any atom is 0.325 e. The van der Waals surface area contributed by atoms with Crippen molar-refractivity contribution in [3.8, 4) is 0 Å². The molecule has 0 spiro atoms. The highest BCUT2D eigenvalue weighted by Gasteiger charge is 2.38. The largest absolute Gasteiger partial charge is 0.468 e. The molecule has 1 saturated heterocycles. The Morgan fingerprint density at radius 1 is 1.39 bits per heavy atom. The number of hydrogen-bond acceptors (Lipinski definition) is 4. The van der Waals surface area contributed by atoms with Gasteiger partial charge >= 0.3 is 5.97 Å². The van der Waals surface area contributed by atoms with E-state index in [0.29, 0.717) is 6.04 Å². The maximum atomic E-state index is 11.9. The lowest BCUT2D eigenvalue weighted by Gasteiger charge is -2.29. The molecule has 0 radical (unpaired) electrons. The summed E-state index contributed by atoms with van der Waals surface area (Å²) in [5, 5.41) is 3.45. The Hall–Kier alpha value is -0.610. The Bertz CT molecular complexity index is 286. The van der Waals surface area contributed by atoms with E-state index in [-0.39, 0.29) is 5.97 Å². The molecule has 1 atom stereocenters. The standard InChI is InChI=1S/C14H26N2O2/c1-14(13(17)18-2,15-12-6-7-12)8-5-11-16-9-3-4-10-16/h12,15H,3-11H2,1-2H3. The SMILES string of the molecule is COC(=O)C(C)(CCCN1CCCC1)NC1CC1. The number of nitrogens with zero attached hydrogens (tertiary/aromatic N) is 1. The van der Waals surface area contributed by atoms with Gasteiger partial charge in [-0.15, -0.1) is 0 Å². The molecule has 4 nitrogen and oxygen atoms in total. The molecule has 0 bridgehead atoms.